The van der Waals surface area contributed by atoms with Crippen molar-refractivity contribution in [2.75, 3.05) is 26.3 Å². The molecule has 0 heterocycles. The molecule has 0 saturated heterocycles. The summed E-state index contributed by atoms with van der Waals surface area (Å²) in [6, 6.07) is 10.6. The lowest BCUT2D eigenvalue weighted by atomic mass is 10.2. The maximum atomic E-state index is 10.2. The first-order valence-electron chi connectivity index (χ1n) is 13.0. The second-order valence-corrected chi connectivity index (χ2v) is 8.68. The van der Waals surface area contributed by atoms with Gasteiger partial charge in [-0.05, 0) is 43.5 Å². The summed E-state index contributed by atoms with van der Waals surface area (Å²) < 4.78 is 11.4. The molecule has 6 nitrogen and oxygen atoms in total. The van der Waals surface area contributed by atoms with Gasteiger partial charge in [-0.15, -0.1) is 0 Å². The number of phenolic OH excluding ortho intramolecular Hbond substituents is 2. The van der Waals surface area contributed by atoms with Crippen LogP contribution < -0.4 is 9.47 Å². The van der Waals surface area contributed by atoms with Crippen LogP contribution in [0.1, 0.15) is 82.8 Å². The van der Waals surface area contributed by atoms with E-state index in [1.807, 2.05) is 24.3 Å². The van der Waals surface area contributed by atoms with Crippen molar-refractivity contribution >= 4 is 12.4 Å². The van der Waals surface area contributed by atoms with Crippen LogP contribution in [0.4, 0.5) is 0 Å². The van der Waals surface area contributed by atoms with Crippen LogP contribution in [0, 0.1) is 0 Å². The van der Waals surface area contributed by atoms with E-state index in [-0.39, 0.29) is 11.5 Å². The Kier molecular flexibility index (Phi) is 14.0. The fraction of sp³-hybridized carbons (Fsp3) is 0.517. The number of rotatable bonds is 18. The summed E-state index contributed by atoms with van der Waals surface area (Å²) in [4.78, 5) is 8.77. The first kappa shape index (κ1) is 28.2. The summed E-state index contributed by atoms with van der Waals surface area (Å²) >= 11 is 0. The molecule has 0 unspecified atom stereocenters. The summed E-state index contributed by atoms with van der Waals surface area (Å²) in [5.74, 6) is 1.70. The summed E-state index contributed by atoms with van der Waals surface area (Å²) in [5, 5.41) is 20.4. The first-order valence-corrected chi connectivity index (χ1v) is 13.0. The first-order chi connectivity index (χ1) is 17.1. The number of ether oxygens (including phenoxy) is 2. The molecule has 0 fully saturated rings. The van der Waals surface area contributed by atoms with Crippen LogP contribution in [0.5, 0.6) is 23.0 Å². The van der Waals surface area contributed by atoms with Crippen molar-refractivity contribution < 1.29 is 19.7 Å². The standard InChI is InChI=1S/C29H42N2O4/c1-3-5-7-9-18-34-26-14-12-24(28(32)20-26)22-30-16-11-17-31-23-25-13-15-27(21-29(25)33)35-19-10-8-6-4-2/h12-15,20-23,32-33H,3-11,16-19H2,1-2H3. The van der Waals surface area contributed by atoms with E-state index in [0.717, 1.165) is 19.3 Å². The second-order valence-electron chi connectivity index (χ2n) is 8.68. The molecule has 2 N–H and O–H groups in total. The highest BCUT2D eigenvalue weighted by molar-refractivity contribution is 5.84. The van der Waals surface area contributed by atoms with Crippen LogP contribution in [0.3, 0.4) is 0 Å². The van der Waals surface area contributed by atoms with Gasteiger partial charge in [0.05, 0.1) is 13.2 Å². The van der Waals surface area contributed by atoms with Gasteiger partial charge in [-0.25, -0.2) is 0 Å². The Morgan fingerprint density at radius 1 is 0.629 bits per heavy atom. The van der Waals surface area contributed by atoms with Crippen LogP contribution >= 0.6 is 0 Å². The van der Waals surface area contributed by atoms with Crippen molar-refractivity contribution in [2.45, 2.75) is 71.6 Å². The highest BCUT2D eigenvalue weighted by Gasteiger charge is 2.03. The summed E-state index contributed by atoms with van der Waals surface area (Å²) in [7, 11) is 0. The third-order valence-electron chi connectivity index (χ3n) is 5.57. The molecule has 6 heteroatoms. The number of aromatic hydroxyl groups is 2. The zero-order valence-electron chi connectivity index (χ0n) is 21.4. The topological polar surface area (TPSA) is 83.6 Å². The Balaban J connectivity index is 1.67. The van der Waals surface area contributed by atoms with Crippen molar-refractivity contribution in [2.24, 2.45) is 9.98 Å². The summed E-state index contributed by atoms with van der Waals surface area (Å²) in [6.45, 7) is 6.91. The molecule has 35 heavy (non-hydrogen) atoms. The van der Waals surface area contributed by atoms with Gasteiger partial charge in [-0.3, -0.25) is 9.98 Å². The summed E-state index contributed by atoms with van der Waals surface area (Å²) in [5.41, 5.74) is 1.34. The van der Waals surface area contributed by atoms with E-state index >= 15 is 0 Å². The SMILES string of the molecule is CCCCCCOc1ccc(C=NCCCN=Cc2ccc(OCCCCCC)cc2O)c(O)c1. The zero-order chi connectivity index (χ0) is 25.1. The molecular formula is C29H42N2O4. The molecule has 0 spiro atoms. The van der Waals surface area contributed by atoms with Gasteiger partial charge in [-0.1, -0.05) is 52.4 Å². The predicted molar refractivity (Wildman–Crippen MR) is 145 cm³/mol. The van der Waals surface area contributed by atoms with Crippen molar-refractivity contribution in [3.8, 4) is 23.0 Å². The molecule has 0 aliphatic heterocycles. The van der Waals surface area contributed by atoms with Crippen LogP contribution in [0.15, 0.2) is 46.4 Å². The van der Waals surface area contributed by atoms with Gasteiger partial charge in [0.15, 0.2) is 0 Å². The third kappa shape index (κ3) is 11.8. The molecule has 0 bridgehead atoms. The fourth-order valence-electron chi connectivity index (χ4n) is 3.46. The van der Waals surface area contributed by atoms with Crippen LogP contribution in [-0.2, 0) is 0 Å². The number of benzene rings is 2. The van der Waals surface area contributed by atoms with Crippen molar-refractivity contribution in [1.82, 2.24) is 0 Å². The van der Waals surface area contributed by atoms with Gasteiger partial charge < -0.3 is 19.7 Å². The van der Waals surface area contributed by atoms with Crippen LogP contribution in [-0.4, -0.2) is 48.9 Å². The highest BCUT2D eigenvalue weighted by atomic mass is 16.5. The maximum absolute atomic E-state index is 10.2. The largest absolute Gasteiger partial charge is 0.507 e. The second kappa shape index (κ2) is 17.4. The molecule has 192 valence electrons. The number of unbranched alkanes of at least 4 members (excludes halogenated alkanes) is 6. The third-order valence-corrected chi connectivity index (χ3v) is 5.57. The average Bonchev–Trinajstić information content (AvgIpc) is 2.85. The lowest BCUT2D eigenvalue weighted by Gasteiger charge is -2.07. The minimum absolute atomic E-state index is 0.168. The van der Waals surface area contributed by atoms with E-state index < -0.39 is 0 Å². The smallest absolute Gasteiger partial charge is 0.128 e. The van der Waals surface area contributed by atoms with Gasteiger partial charge >= 0.3 is 0 Å². The average molecular weight is 483 g/mol. The molecule has 0 atom stereocenters. The predicted octanol–water partition coefficient (Wildman–Crippen LogP) is 6.94. The van der Waals surface area contributed by atoms with E-state index in [9.17, 15) is 10.2 Å². The molecule has 0 saturated carbocycles. The van der Waals surface area contributed by atoms with E-state index in [2.05, 4.69) is 23.8 Å². The Morgan fingerprint density at radius 2 is 1.09 bits per heavy atom. The quantitative estimate of drug-likeness (QED) is 0.178. The van der Waals surface area contributed by atoms with Crippen molar-refractivity contribution in [3.63, 3.8) is 0 Å². The van der Waals surface area contributed by atoms with Gasteiger partial charge in [0.1, 0.15) is 23.0 Å². The minimum Gasteiger partial charge on any atom is -0.507 e. The van der Waals surface area contributed by atoms with E-state index in [0.29, 0.717) is 48.9 Å². The molecule has 0 aromatic heterocycles. The number of hydrogen-bond donors (Lipinski definition) is 2. The minimum atomic E-state index is 0.168. The molecule has 2 aromatic carbocycles. The number of nitrogens with zero attached hydrogens (tertiary/aromatic N) is 2. The Morgan fingerprint density at radius 3 is 1.49 bits per heavy atom. The molecule has 2 rings (SSSR count). The molecule has 0 amide bonds. The Bertz CT molecular complexity index is 838. The van der Waals surface area contributed by atoms with Gasteiger partial charge in [-0.2, -0.15) is 0 Å². The summed E-state index contributed by atoms with van der Waals surface area (Å²) in [6.07, 6.45) is 13.4. The Labute approximate surface area is 210 Å². The zero-order valence-corrected chi connectivity index (χ0v) is 21.4. The van der Waals surface area contributed by atoms with E-state index in [1.54, 1.807) is 24.6 Å². The monoisotopic (exact) mass is 482 g/mol. The highest BCUT2D eigenvalue weighted by Crippen LogP contribution is 2.23. The molecule has 2 aromatic rings. The lowest BCUT2D eigenvalue weighted by molar-refractivity contribution is 0.303. The van der Waals surface area contributed by atoms with Crippen molar-refractivity contribution in [3.05, 3.63) is 47.5 Å². The normalized spacial score (nSPS) is 11.5. The van der Waals surface area contributed by atoms with Crippen LogP contribution in [0.25, 0.3) is 0 Å². The maximum Gasteiger partial charge on any atom is 0.128 e. The Hall–Kier alpha value is -3.02. The lowest BCUT2D eigenvalue weighted by Crippen LogP contribution is -1.97. The molecule has 0 aliphatic carbocycles. The van der Waals surface area contributed by atoms with Gasteiger partial charge in [0.2, 0.25) is 0 Å². The molecule has 0 radical (unpaired) electrons. The number of aliphatic imine (C=N–C) groups is 2. The molecular weight excluding hydrogens is 440 g/mol. The fourth-order valence-corrected chi connectivity index (χ4v) is 3.46. The van der Waals surface area contributed by atoms with E-state index in [4.69, 9.17) is 9.47 Å². The van der Waals surface area contributed by atoms with Gasteiger partial charge in [0.25, 0.3) is 0 Å². The van der Waals surface area contributed by atoms with E-state index in [1.165, 1.54) is 38.5 Å². The van der Waals surface area contributed by atoms with Crippen LogP contribution in [0.2, 0.25) is 0 Å². The van der Waals surface area contributed by atoms with Crippen molar-refractivity contribution in [1.29, 1.82) is 0 Å². The van der Waals surface area contributed by atoms with Gasteiger partial charge in [0, 0.05) is 48.8 Å². The molecule has 0 aliphatic rings. The number of hydrogen-bond acceptors (Lipinski definition) is 6. The number of phenols is 2.